The second-order valence-corrected chi connectivity index (χ2v) is 5.87. The fourth-order valence-corrected chi connectivity index (χ4v) is 2.64. The first kappa shape index (κ1) is 18.0. The van der Waals surface area contributed by atoms with Gasteiger partial charge in [-0.3, -0.25) is 0 Å². The van der Waals surface area contributed by atoms with Crippen LogP contribution < -0.4 is 10.2 Å². The van der Waals surface area contributed by atoms with E-state index >= 15 is 0 Å². The van der Waals surface area contributed by atoms with Gasteiger partial charge in [0.05, 0.1) is 0 Å². The van der Waals surface area contributed by atoms with Crippen LogP contribution in [0.25, 0.3) is 0 Å². The molecule has 3 heteroatoms. The molecule has 1 heterocycles. The summed E-state index contributed by atoms with van der Waals surface area (Å²) >= 11 is 0. The first-order valence-electron chi connectivity index (χ1n) is 8.57. The highest BCUT2D eigenvalue weighted by Gasteiger charge is 2.12. The normalized spacial score (nSPS) is 11.1. The van der Waals surface area contributed by atoms with Crippen LogP contribution in [0.15, 0.2) is 12.1 Å². The fraction of sp³-hybridized carbons (Fsp3) is 0.722. The number of nitrogens with one attached hydrogen (secondary N) is 1. The van der Waals surface area contributed by atoms with Crippen LogP contribution >= 0.6 is 0 Å². The van der Waals surface area contributed by atoms with Crippen LogP contribution in [0.1, 0.15) is 58.2 Å². The number of aromatic nitrogens is 1. The van der Waals surface area contributed by atoms with Crippen molar-refractivity contribution in [2.24, 2.45) is 5.92 Å². The van der Waals surface area contributed by atoms with Crippen molar-refractivity contribution in [3.8, 4) is 0 Å². The van der Waals surface area contributed by atoms with E-state index in [1.807, 2.05) is 0 Å². The van der Waals surface area contributed by atoms with Crippen molar-refractivity contribution in [2.75, 3.05) is 24.5 Å². The molecular weight excluding hydrogens is 258 g/mol. The molecule has 0 aromatic carbocycles. The molecule has 0 aliphatic carbocycles. The zero-order chi connectivity index (χ0) is 15.7. The lowest BCUT2D eigenvalue weighted by Gasteiger charge is -2.27. The molecule has 0 fully saturated rings. The van der Waals surface area contributed by atoms with E-state index in [9.17, 15) is 0 Å². The topological polar surface area (TPSA) is 28.2 Å². The maximum atomic E-state index is 4.75. The van der Waals surface area contributed by atoms with Gasteiger partial charge in [-0.05, 0) is 50.4 Å². The zero-order valence-corrected chi connectivity index (χ0v) is 14.6. The quantitative estimate of drug-likeness (QED) is 0.656. The average molecular weight is 291 g/mol. The van der Waals surface area contributed by atoms with Gasteiger partial charge < -0.3 is 10.2 Å². The van der Waals surface area contributed by atoms with Gasteiger partial charge in [0.1, 0.15) is 5.82 Å². The molecule has 0 aliphatic heterocycles. The minimum atomic E-state index is 0.758. The van der Waals surface area contributed by atoms with Crippen LogP contribution in [0.2, 0.25) is 0 Å². The van der Waals surface area contributed by atoms with Gasteiger partial charge in [0.25, 0.3) is 0 Å². The van der Waals surface area contributed by atoms with Gasteiger partial charge in [0.2, 0.25) is 0 Å². The number of aryl methyl sites for hydroxylation is 1. The summed E-state index contributed by atoms with van der Waals surface area (Å²) in [5.74, 6) is 1.90. The van der Waals surface area contributed by atoms with Gasteiger partial charge in [-0.2, -0.15) is 0 Å². The summed E-state index contributed by atoms with van der Waals surface area (Å²) in [4.78, 5) is 7.18. The monoisotopic (exact) mass is 291 g/mol. The lowest BCUT2D eigenvalue weighted by molar-refractivity contribution is 0.484. The second-order valence-electron chi connectivity index (χ2n) is 5.87. The molecule has 0 aliphatic rings. The van der Waals surface area contributed by atoms with E-state index in [0.717, 1.165) is 43.6 Å². The number of nitrogens with zero attached hydrogens (tertiary/aromatic N) is 2. The highest BCUT2D eigenvalue weighted by molar-refractivity contribution is 5.42. The van der Waals surface area contributed by atoms with E-state index in [1.54, 1.807) is 0 Å². The summed E-state index contributed by atoms with van der Waals surface area (Å²) in [6, 6.07) is 4.44. The summed E-state index contributed by atoms with van der Waals surface area (Å²) in [5.41, 5.74) is 2.46. The molecule has 0 bridgehead atoms. The van der Waals surface area contributed by atoms with Gasteiger partial charge in [0, 0.05) is 25.3 Å². The third-order valence-electron chi connectivity index (χ3n) is 4.09. The summed E-state index contributed by atoms with van der Waals surface area (Å²) in [6.45, 7) is 15.2. The van der Waals surface area contributed by atoms with Crippen molar-refractivity contribution in [3.05, 3.63) is 23.4 Å². The molecule has 1 rings (SSSR count). The lowest BCUT2D eigenvalue weighted by Crippen LogP contribution is -2.30. The maximum Gasteiger partial charge on any atom is 0.129 e. The molecule has 1 N–H and O–H groups in total. The van der Waals surface area contributed by atoms with Crippen LogP contribution in [0, 0.1) is 12.8 Å². The van der Waals surface area contributed by atoms with E-state index in [0.29, 0.717) is 0 Å². The van der Waals surface area contributed by atoms with Crippen molar-refractivity contribution in [1.82, 2.24) is 10.3 Å². The van der Waals surface area contributed by atoms with Crippen LogP contribution in [-0.4, -0.2) is 24.6 Å². The fourth-order valence-electron chi connectivity index (χ4n) is 2.64. The van der Waals surface area contributed by atoms with Crippen LogP contribution in [-0.2, 0) is 6.54 Å². The summed E-state index contributed by atoms with van der Waals surface area (Å²) < 4.78 is 0. The number of hydrogen-bond acceptors (Lipinski definition) is 3. The van der Waals surface area contributed by atoms with Crippen molar-refractivity contribution in [2.45, 2.75) is 60.4 Å². The maximum absolute atomic E-state index is 4.75. The Kier molecular flexibility index (Phi) is 8.36. The molecule has 0 spiro atoms. The molecular formula is C18H33N3. The van der Waals surface area contributed by atoms with E-state index in [2.05, 4.69) is 57.0 Å². The number of hydrogen-bond donors (Lipinski definition) is 1. The SMILES string of the molecule is CCCNCc1cc(C)nc(N(CC)CC(CC)CC)c1. The smallest absolute Gasteiger partial charge is 0.129 e. The Morgan fingerprint density at radius 3 is 2.43 bits per heavy atom. The molecule has 21 heavy (non-hydrogen) atoms. The van der Waals surface area contributed by atoms with Gasteiger partial charge in [-0.25, -0.2) is 4.98 Å². The zero-order valence-electron chi connectivity index (χ0n) is 14.6. The van der Waals surface area contributed by atoms with E-state index in [1.165, 1.54) is 24.8 Å². The molecule has 0 atom stereocenters. The van der Waals surface area contributed by atoms with Crippen molar-refractivity contribution in [3.63, 3.8) is 0 Å². The highest BCUT2D eigenvalue weighted by atomic mass is 15.2. The second kappa shape index (κ2) is 9.78. The van der Waals surface area contributed by atoms with E-state index in [-0.39, 0.29) is 0 Å². The van der Waals surface area contributed by atoms with Crippen LogP contribution in [0.5, 0.6) is 0 Å². The first-order valence-corrected chi connectivity index (χ1v) is 8.57. The van der Waals surface area contributed by atoms with E-state index < -0.39 is 0 Å². The molecule has 1 aromatic rings. The van der Waals surface area contributed by atoms with Crippen molar-refractivity contribution < 1.29 is 0 Å². The third-order valence-corrected chi connectivity index (χ3v) is 4.09. The molecule has 0 radical (unpaired) electrons. The van der Waals surface area contributed by atoms with Crippen LogP contribution in [0.4, 0.5) is 5.82 Å². The van der Waals surface area contributed by atoms with Crippen LogP contribution in [0.3, 0.4) is 0 Å². The minimum absolute atomic E-state index is 0.758. The lowest BCUT2D eigenvalue weighted by atomic mass is 10.0. The van der Waals surface area contributed by atoms with Crippen molar-refractivity contribution in [1.29, 1.82) is 0 Å². The first-order chi connectivity index (χ1) is 10.1. The number of rotatable bonds is 10. The number of pyridine rings is 1. The van der Waals surface area contributed by atoms with Gasteiger partial charge in [-0.1, -0.05) is 33.6 Å². The Morgan fingerprint density at radius 2 is 1.86 bits per heavy atom. The summed E-state index contributed by atoms with van der Waals surface area (Å²) in [5, 5.41) is 3.48. The van der Waals surface area contributed by atoms with Crippen molar-refractivity contribution >= 4 is 5.82 Å². The highest BCUT2D eigenvalue weighted by Crippen LogP contribution is 2.19. The average Bonchev–Trinajstić information content (AvgIpc) is 2.48. The Hall–Kier alpha value is -1.09. The summed E-state index contributed by atoms with van der Waals surface area (Å²) in [6.07, 6.45) is 3.65. The molecule has 0 amide bonds. The molecule has 120 valence electrons. The van der Waals surface area contributed by atoms with Gasteiger partial charge in [-0.15, -0.1) is 0 Å². The molecule has 0 saturated carbocycles. The molecule has 0 saturated heterocycles. The Bertz CT molecular complexity index is 399. The largest absolute Gasteiger partial charge is 0.357 e. The Morgan fingerprint density at radius 1 is 1.14 bits per heavy atom. The number of anilines is 1. The van der Waals surface area contributed by atoms with E-state index in [4.69, 9.17) is 4.98 Å². The standard InChI is InChI=1S/C18H33N3/c1-6-10-19-13-17-11-15(5)20-18(12-17)21(9-4)14-16(7-2)8-3/h11-12,16,19H,6-10,13-14H2,1-5H3. The minimum Gasteiger partial charge on any atom is -0.357 e. The predicted octanol–water partition coefficient (Wildman–Crippen LogP) is 4.15. The Labute approximate surface area is 131 Å². The third kappa shape index (κ3) is 6.04. The van der Waals surface area contributed by atoms with Gasteiger partial charge >= 0.3 is 0 Å². The van der Waals surface area contributed by atoms with Gasteiger partial charge in [0.15, 0.2) is 0 Å². The molecule has 1 aromatic heterocycles. The summed E-state index contributed by atoms with van der Waals surface area (Å²) in [7, 11) is 0. The molecule has 3 nitrogen and oxygen atoms in total. The predicted molar refractivity (Wildman–Crippen MR) is 92.9 cm³/mol. The molecule has 0 unspecified atom stereocenters. The Balaban J connectivity index is 2.82.